The van der Waals surface area contributed by atoms with E-state index in [9.17, 15) is 17.6 Å². The summed E-state index contributed by atoms with van der Waals surface area (Å²) in [6, 6.07) is 1.01. The van der Waals surface area contributed by atoms with Gasteiger partial charge in [0.1, 0.15) is 11.6 Å². The Balaban J connectivity index is 3.69. The summed E-state index contributed by atoms with van der Waals surface area (Å²) in [5.74, 6) is -6.72. The van der Waals surface area contributed by atoms with Gasteiger partial charge in [0.15, 0.2) is 23.3 Å². The van der Waals surface area contributed by atoms with Crippen molar-refractivity contribution >= 4 is 0 Å². The highest BCUT2D eigenvalue weighted by atomic mass is 19.2. The number of rotatable bonds is 0. The van der Waals surface area contributed by atoms with Crippen LogP contribution in [0.4, 0.5) is 17.6 Å². The molecular weight excluding hydrogens is 186 g/mol. The zero-order chi connectivity index (χ0) is 10.2. The Bertz CT molecular complexity index is 377. The molecule has 0 saturated carbocycles. The van der Waals surface area contributed by atoms with Gasteiger partial charge in [0.2, 0.25) is 0 Å². The highest BCUT2D eigenvalue weighted by Gasteiger charge is 2.22. The van der Waals surface area contributed by atoms with Crippen molar-refractivity contribution in [3.63, 3.8) is 0 Å². The van der Waals surface area contributed by atoms with Crippen molar-refractivity contribution in [2.45, 2.75) is 0 Å². The molecule has 0 spiro atoms. The fourth-order valence-corrected chi connectivity index (χ4v) is 0.775. The van der Waals surface area contributed by atoms with E-state index in [0.717, 1.165) is 6.07 Å². The molecule has 0 N–H and O–H groups in total. The second-order valence-corrected chi connectivity index (χ2v) is 2.22. The number of halogens is 4. The van der Waals surface area contributed by atoms with Gasteiger partial charge in [-0.3, -0.25) is 0 Å². The van der Waals surface area contributed by atoms with Gasteiger partial charge in [-0.05, 0) is 6.92 Å². The largest absolute Gasteiger partial charge is 0.203 e. The minimum atomic E-state index is -1.72. The van der Waals surface area contributed by atoms with Crippen LogP contribution in [0.15, 0.2) is 0 Å². The second kappa shape index (κ2) is 3.05. The van der Waals surface area contributed by atoms with Crippen LogP contribution in [0.25, 0.3) is 0 Å². The topological polar surface area (TPSA) is 23.8 Å². The summed E-state index contributed by atoms with van der Waals surface area (Å²) in [5.41, 5.74) is -2.30. The highest BCUT2D eigenvalue weighted by molar-refractivity contribution is 5.38. The minimum absolute atomic E-state index is 1.01. The number of hydrogen-bond acceptors (Lipinski definition) is 1. The van der Waals surface area contributed by atoms with Crippen molar-refractivity contribution in [3.8, 4) is 6.07 Å². The fraction of sp³-hybridized carbons (Fsp3) is 0. The molecule has 1 radical (unpaired) electrons. The molecule has 1 nitrogen and oxygen atoms in total. The number of hydrogen-bond donors (Lipinski definition) is 0. The Labute approximate surface area is 71.2 Å². The second-order valence-electron chi connectivity index (χ2n) is 2.22. The molecule has 0 aliphatic rings. The molecule has 1 aromatic carbocycles. The SMILES string of the molecule is [CH2]c1c(F)c(F)c(C#N)c(F)c1F. The van der Waals surface area contributed by atoms with Crippen molar-refractivity contribution in [1.29, 1.82) is 5.26 Å². The van der Waals surface area contributed by atoms with Crippen LogP contribution in [0.2, 0.25) is 0 Å². The molecule has 0 amide bonds. The molecule has 0 heterocycles. The summed E-state index contributed by atoms with van der Waals surface area (Å²) in [4.78, 5) is 0. The van der Waals surface area contributed by atoms with Gasteiger partial charge in [-0.1, -0.05) is 0 Å². The van der Waals surface area contributed by atoms with Crippen LogP contribution >= 0.6 is 0 Å². The molecule has 13 heavy (non-hydrogen) atoms. The van der Waals surface area contributed by atoms with Crippen LogP contribution in [0.3, 0.4) is 0 Å². The van der Waals surface area contributed by atoms with E-state index in [4.69, 9.17) is 5.26 Å². The lowest BCUT2D eigenvalue weighted by Gasteiger charge is -2.02. The predicted octanol–water partition coefficient (Wildman–Crippen LogP) is 2.30. The predicted molar refractivity (Wildman–Crippen MR) is 35.4 cm³/mol. The van der Waals surface area contributed by atoms with Crippen LogP contribution in [0, 0.1) is 41.5 Å². The van der Waals surface area contributed by atoms with Gasteiger partial charge in [-0.15, -0.1) is 0 Å². The van der Waals surface area contributed by atoms with E-state index < -0.39 is 34.4 Å². The molecule has 0 bridgehead atoms. The van der Waals surface area contributed by atoms with Gasteiger partial charge in [0.05, 0.1) is 0 Å². The summed E-state index contributed by atoms with van der Waals surface area (Å²) < 4.78 is 50.6. The molecule has 1 rings (SSSR count). The van der Waals surface area contributed by atoms with Gasteiger partial charge in [0.25, 0.3) is 0 Å². The molecule has 1 aromatic rings. The third kappa shape index (κ3) is 1.24. The molecular formula is C8H2F4N. The Morgan fingerprint density at radius 3 is 1.62 bits per heavy atom. The Hall–Kier alpha value is -1.57. The number of benzene rings is 1. The molecule has 0 aliphatic heterocycles. The maximum absolute atomic E-state index is 12.7. The van der Waals surface area contributed by atoms with Gasteiger partial charge in [-0.2, -0.15) is 5.26 Å². The standard InChI is InChI=1S/C8H2F4N/c1-3-5(9)7(11)4(2-13)8(12)6(3)10/h1H2. The zero-order valence-corrected chi connectivity index (χ0v) is 6.17. The van der Waals surface area contributed by atoms with Crippen molar-refractivity contribution in [2.24, 2.45) is 0 Å². The van der Waals surface area contributed by atoms with Gasteiger partial charge >= 0.3 is 0 Å². The summed E-state index contributed by atoms with van der Waals surface area (Å²) in [6.45, 7) is 2.78. The highest BCUT2D eigenvalue weighted by Crippen LogP contribution is 2.22. The van der Waals surface area contributed by atoms with Crippen LogP contribution in [0.1, 0.15) is 11.1 Å². The lowest BCUT2D eigenvalue weighted by atomic mass is 10.1. The lowest BCUT2D eigenvalue weighted by Crippen LogP contribution is -2.03. The first-order valence-electron chi connectivity index (χ1n) is 3.08. The minimum Gasteiger partial charge on any atom is -0.203 e. The third-order valence-electron chi connectivity index (χ3n) is 1.47. The number of nitriles is 1. The summed E-state index contributed by atoms with van der Waals surface area (Å²) in [5, 5.41) is 8.16. The van der Waals surface area contributed by atoms with Crippen LogP contribution in [-0.4, -0.2) is 0 Å². The summed E-state index contributed by atoms with van der Waals surface area (Å²) >= 11 is 0. The summed E-state index contributed by atoms with van der Waals surface area (Å²) in [7, 11) is 0. The van der Waals surface area contributed by atoms with E-state index in [0.29, 0.717) is 0 Å². The molecule has 0 saturated heterocycles. The monoisotopic (exact) mass is 188 g/mol. The zero-order valence-electron chi connectivity index (χ0n) is 6.17. The lowest BCUT2D eigenvalue weighted by molar-refractivity contribution is 0.445. The first kappa shape index (κ1) is 9.52. The van der Waals surface area contributed by atoms with E-state index in [1.807, 2.05) is 0 Å². The van der Waals surface area contributed by atoms with Crippen LogP contribution in [-0.2, 0) is 0 Å². The van der Waals surface area contributed by atoms with E-state index in [2.05, 4.69) is 6.92 Å². The Morgan fingerprint density at radius 2 is 1.31 bits per heavy atom. The average Bonchev–Trinajstić information content (AvgIpc) is 2.13. The van der Waals surface area contributed by atoms with Gasteiger partial charge < -0.3 is 0 Å². The molecule has 0 fully saturated rings. The molecule has 0 unspecified atom stereocenters. The van der Waals surface area contributed by atoms with E-state index in [1.165, 1.54) is 0 Å². The first-order chi connectivity index (χ1) is 6.00. The van der Waals surface area contributed by atoms with Crippen molar-refractivity contribution in [2.75, 3.05) is 0 Å². The maximum atomic E-state index is 12.7. The Morgan fingerprint density at radius 1 is 0.923 bits per heavy atom. The van der Waals surface area contributed by atoms with E-state index in [-0.39, 0.29) is 0 Å². The Kier molecular flexibility index (Phi) is 2.24. The van der Waals surface area contributed by atoms with Crippen molar-refractivity contribution in [1.82, 2.24) is 0 Å². The van der Waals surface area contributed by atoms with Crippen LogP contribution < -0.4 is 0 Å². The summed E-state index contributed by atoms with van der Waals surface area (Å²) in [6.07, 6.45) is 0. The normalized spacial score (nSPS) is 9.85. The van der Waals surface area contributed by atoms with Gasteiger partial charge in [0, 0.05) is 5.56 Å². The quantitative estimate of drug-likeness (QED) is 0.452. The van der Waals surface area contributed by atoms with Crippen molar-refractivity contribution < 1.29 is 17.6 Å². The molecule has 5 heteroatoms. The first-order valence-corrected chi connectivity index (χ1v) is 3.08. The molecule has 67 valence electrons. The van der Waals surface area contributed by atoms with Crippen LogP contribution in [0.5, 0.6) is 0 Å². The molecule has 0 aliphatic carbocycles. The fourth-order valence-electron chi connectivity index (χ4n) is 0.775. The smallest absolute Gasteiger partial charge is 0.180 e. The molecule has 0 atom stereocenters. The number of nitrogens with zero attached hydrogens (tertiary/aromatic N) is 1. The average molecular weight is 188 g/mol. The van der Waals surface area contributed by atoms with Gasteiger partial charge in [-0.25, -0.2) is 17.6 Å². The van der Waals surface area contributed by atoms with Crippen molar-refractivity contribution in [3.05, 3.63) is 41.3 Å². The molecule has 0 aromatic heterocycles. The maximum Gasteiger partial charge on any atom is 0.180 e. The third-order valence-corrected chi connectivity index (χ3v) is 1.47. The van der Waals surface area contributed by atoms with E-state index >= 15 is 0 Å². The van der Waals surface area contributed by atoms with E-state index in [1.54, 1.807) is 0 Å².